The smallest absolute Gasteiger partial charge is 0.222 e. The van der Waals surface area contributed by atoms with Gasteiger partial charge in [0.1, 0.15) is 0 Å². The van der Waals surface area contributed by atoms with Crippen molar-refractivity contribution >= 4 is 12.3 Å². The largest absolute Gasteiger partial charge is 0.393 e. The highest BCUT2D eigenvalue weighted by molar-refractivity contribution is 5.76. The highest BCUT2D eigenvalue weighted by atomic mass is 16.3. The molecule has 6 heteroatoms. The van der Waals surface area contributed by atoms with E-state index >= 15 is 0 Å². The van der Waals surface area contributed by atoms with Gasteiger partial charge in [0.25, 0.3) is 0 Å². The van der Waals surface area contributed by atoms with Crippen molar-refractivity contribution in [3.8, 4) is 0 Å². The van der Waals surface area contributed by atoms with Crippen molar-refractivity contribution in [2.75, 3.05) is 39.3 Å². The first-order valence-corrected chi connectivity index (χ1v) is 31.4. The number of carbonyl (C=O) groups is 2. The zero-order valence-corrected chi connectivity index (χ0v) is 47.1. The molecule has 1 saturated carbocycles. The van der Waals surface area contributed by atoms with Gasteiger partial charge >= 0.3 is 0 Å². The van der Waals surface area contributed by atoms with Crippen molar-refractivity contribution in [3.63, 3.8) is 0 Å². The van der Waals surface area contributed by atoms with Crippen LogP contribution in [0.5, 0.6) is 0 Å². The number of carbonyl (C=O) groups excluding carboxylic acids is 2. The summed E-state index contributed by atoms with van der Waals surface area (Å²) in [6.45, 7) is 15.7. The van der Waals surface area contributed by atoms with Gasteiger partial charge in [-0.15, -0.1) is 0 Å². The van der Waals surface area contributed by atoms with E-state index in [1.807, 2.05) is 0 Å². The number of nitrogens with zero attached hydrogens (tertiary/aromatic N) is 2. The lowest BCUT2D eigenvalue weighted by Gasteiger charge is -2.33. The molecule has 0 aromatic rings. The molecule has 0 atom stereocenters. The summed E-state index contributed by atoms with van der Waals surface area (Å²) in [5.41, 5.74) is 0. The van der Waals surface area contributed by atoms with Crippen LogP contribution in [0.15, 0.2) is 0 Å². The van der Waals surface area contributed by atoms with E-state index in [1.54, 1.807) is 0 Å². The number of aliphatic hydroxyl groups excluding tert-OH is 1. The minimum atomic E-state index is -0.0248. The molecule has 1 aliphatic carbocycles. The number of amides is 2. The average molecular weight is 961 g/mol. The lowest BCUT2D eigenvalue weighted by molar-refractivity contribution is -0.131. The molecule has 2 amide bonds. The summed E-state index contributed by atoms with van der Waals surface area (Å²) in [7, 11) is 0. The second-order valence-electron chi connectivity index (χ2n) is 22.0. The predicted octanol–water partition coefficient (Wildman–Crippen LogP) is 18.6. The standard InChI is InChI=1S/C51H102N2O2.C11H23NO/c1-4-7-10-13-16-19-20-21-22-23-24-25-26-31-36-42-52(46-41-49-47-50(54)48-49)43-37-32-29-30-35-40-51(55)53(44-38-33-27-17-14-11-8-5-2)45-39-34-28-18-15-12-9-6-3;1-2-3-4-5-6-7-8-9-10-12-11-13/h49-50,54H,4-48H2,1-3H3;11H,2-10H2,1H3,(H,12,13). The number of rotatable bonds is 55. The zero-order chi connectivity index (χ0) is 49.5. The van der Waals surface area contributed by atoms with E-state index in [1.165, 1.54) is 296 Å². The molecule has 0 unspecified atom stereocenters. The molecule has 1 fully saturated rings. The molecular weight excluding hydrogens is 835 g/mol. The van der Waals surface area contributed by atoms with E-state index in [0.717, 1.165) is 64.1 Å². The van der Waals surface area contributed by atoms with Gasteiger partial charge in [-0.2, -0.15) is 0 Å². The zero-order valence-electron chi connectivity index (χ0n) is 47.1. The van der Waals surface area contributed by atoms with Gasteiger partial charge in [0.15, 0.2) is 0 Å². The first-order valence-electron chi connectivity index (χ1n) is 31.4. The fraction of sp³-hybridized carbons (Fsp3) is 0.968. The second kappa shape index (κ2) is 56.8. The molecule has 0 heterocycles. The fourth-order valence-electron chi connectivity index (χ4n) is 10.3. The van der Waals surface area contributed by atoms with Crippen LogP contribution in [0.4, 0.5) is 0 Å². The van der Waals surface area contributed by atoms with E-state index in [0.29, 0.717) is 5.91 Å². The Balaban J connectivity index is 0.00000298. The lowest BCUT2D eigenvalue weighted by atomic mass is 9.80. The highest BCUT2D eigenvalue weighted by Crippen LogP contribution is 2.30. The molecule has 0 spiro atoms. The molecule has 6 nitrogen and oxygen atoms in total. The van der Waals surface area contributed by atoms with Gasteiger partial charge in [0.05, 0.1) is 6.10 Å². The number of nitrogens with one attached hydrogen (secondary N) is 1. The number of hydrogen-bond donors (Lipinski definition) is 2. The molecular formula is C62H125N3O3. The molecule has 1 rings (SSSR count). The maximum absolute atomic E-state index is 13.4. The van der Waals surface area contributed by atoms with Gasteiger partial charge in [-0.25, -0.2) is 0 Å². The Hall–Kier alpha value is -1.14. The van der Waals surface area contributed by atoms with Crippen molar-refractivity contribution in [1.82, 2.24) is 15.1 Å². The van der Waals surface area contributed by atoms with E-state index in [4.69, 9.17) is 0 Å². The number of hydrogen-bond acceptors (Lipinski definition) is 4. The molecule has 0 aromatic carbocycles. The van der Waals surface area contributed by atoms with Crippen molar-refractivity contribution in [1.29, 1.82) is 0 Å². The molecule has 0 bridgehead atoms. The summed E-state index contributed by atoms with van der Waals surface area (Å²) >= 11 is 0. The summed E-state index contributed by atoms with van der Waals surface area (Å²) in [5, 5.41) is 12.5. The molecule has 2 N–H and O–H groups in total. The van der Waals surface area contributed by atoms with Crippen LogP contribution in [0.3, 0.4) is 0 Å². The summed E-state index contributed by atoms with van der Waals surface area (Å²) in [5.74, 6) is 1.18. The van der Waals surface area contributed by atoms with E-state index < -0.39 is 0 Å². The van der Waals surface area contributed by atoms with Gasteiger partial charge in [0, 0.05) is 26.1 Å². The van der Waals surface area contributed by atoms with Crippen molar-refractivity contribution in [3.05, 3.63) is 0 Å². The van der Waals surface area contributed by atoms with Gasteiger partial charge in [-0.1, -0.05) is 272 Å². The van der Waals surface area contributed by atoms with Crippen LogP contribution in [0.2, 0.25) is 0 Å². The topological polar surface area (TPSA) is 72.9 Å². The third-order valence-electron chi connectivity index (χ3n) is 15.2. The summed E-state index contributed by atoms with van der Waals surface area (Å²) < 4.78 is 0. The average Bonchev–Trinajstić information content (AvgIpc) is 3.33. The van der Waals surface area contributed by atoms with E-state index in [9.17, 15) is 14.7 Å². The highest BCUT2D eigenvalue weighted by Gasteiger charge is 2.27. The molecule has 1 aliphatic rings. The Bertz CT molecular complexity index is 953. The quantitative estimate of drug-likeness (QED) is 0.0471. The molecule has 0 saturated heterocycles. The third-order valence-corrected chi connectivity index (χ3v) is 15.2. The summed E-state index contributed by atoms with van der Waals surface area (Å²) in [6, 6.07) is 0. The van der Waals surface area contributed by atoms with E-state index in [-0.39, 0.29) is 6.10 Å². The molecule has 0 aliphatic heterocycles. The fourth-order valence-corrected chi connectivity index (χ4v) is 10.3. The van der Waals surface area contributed by atoms with Crippen molar-refractivity contribution < 1.29 is 14.7 Å². The molecule has 0 aromatic heterocycles. The Morgan fingerprint density at radius 2 is 0.706 bits per heavy atom. The first-order chi connectivity index (χ1) is 33.5. The van der Waals surface area contributed by atoms with Crippen molar-refractivity contribution in [2.45, 2.75) is 342 Å². The number of unbranched alkanes of at least 4 members (excludes halogenated alkanes) is 39. The van der Waals surface area contributed by atoms with Crippen LogP contribution in [0.25, 0.3) is 0 Å². The van der Waals surface area contributed by atoms with Crippen LogP contribution in [-0.4, -0.2) is 72.6 Å². The third kappa shape index (κ3) is 49.8. The Morgan fingerprint density at radius 1 is 0.412 bits per heavy atom. The Labute approximate surface area is 427 Å². The van der Waals surface area contributed by atoms with Crippen molar-refractivity contribution in [2.24, 2.45) is 5.92 Å². The minimum absolute atomic E-state index is 0.0248. The van der Waals surface area contributed by atoms with E-state index in [2.05, 4.69) is 42.8 Å². The summed E-state index contributed by atoms with van der Waals surface area (Å²) in [4.78, 5) is 28.3. The Kier molecular flexibility index (Phi) is 55.8. The maximum Gasteiger partial charge on any atom is 0.222 e. The van der Waals surface area contributed by atoms with Gasteiger partial charge in [-0.3, -0.25) is 9.59 Å². The van der Waals surface area contributed by atoms with Gasteiger partial charge in [0.2, 0.25) is 12.3 Å². The van der Waals surface area contributed by atoms with Crippen LogP contribution in [0.1, 0.15) is 336 Å². The maximum atomic E-state index is 13.4. The van der Waals surface area contributed by atoms with Crippen LogP contribution >= 0.6 is 0 Å². The predicted molar refractivity (Wildman–Crippen MR) is 301 cm³/mol. The second-order valence-corrected chi connectivity index (χ2v) is 22.0. The summed E-state index contributed by atoms with van der Waals surface area (Å²) in [6.07, 6.45) is 64.3. The van der Waals surface area contributed by atoms with Crippen LogP contribution in [0, 0.1) is 5.92 Å². The first kappa shape index (κ1) is 66.9. The Morgan fingerprint density at radius 3 is 1.03 bits per heavy atom. The van der Waals surface area contributed by atoms with Gasteiger partial charge in [-0.05, 0) is 83.3 Å². The lowest BCUT2D eigenvalue weighted by Crippen LogP contribution is -2.34. The van der Waals surface area contributed by atoms with Gasteiger partial charge < -0.3 is 20.2 Å². The molecule has 0 radical (unpaired) electrons. The van der Waals surface area contributed by atoms with Crippen LogP contribution < -0.4 is 5.32 Å². The molecule has 406 valence electrons. The SMILES string of the molecule is CCCCCCCCCCCCCCCCCN(CCCCCCCC(=O)N(CCCCCCCCCC)CCCCCCCCCC)CCC1CC(O)C1.CCCCCCCCCCNC=O. The number of aliphatic hydroxyl groups is 1. The minimum Gasteiger partial charge on any atom is -0.393 e. The monoisotopic (exact) mass is 960 g/mol. The normalized spacial score (nSPS) is 14.5. The van der Waals surface area contributed by atoms with Crippen LogP contribution in [-0.2, 0) is 9.59 Å². The molecule has 68 heavy (non-hydrogen) atoms.